The van der Waals surface area contributed by atoms with E-state index in [1.165, 1.54) is 5.56 Å². The van der Waals surface area contributed by atoms with Crippen LogP contribution in [0.2, 0.25) is 0 Å². The van der Waals surface area contributed by atoms with E-state index in [0.29, 0.717) is 12.1 Å². The van der Waals surface area contributed by atoms with Crippen molar-refractivity contribution in [2.24, 2.45) is 0 Å². The van der Waals surface area contributed by atoms with Crippen LogP contribution in [-0.2, 0) is 4.74 Å². The van der Waals surface area contributed by atoms with E-state index in [2.05, 4.69) is 28.1 Å². The van der Waals surface area contributed by atoms with Crippen LogP contribution in [0.1, 0.15) is 18.5 Å². The third kappa shape index (κ3) is 4.64. The van der Waals surface area contributed by atoms with Crippen molar-refractivity contribution in [3.05, 3.63) is 23.8 Å². The third-order valence-electron chi connectivity index (χ3n) is 5.18. The smallest absolute Gasteiger partial charge is 0.127 e. The SMILES string of the molecule is COc1ccc(C(CN2CCOCC2)N2CCNC(C)C2)c(OC)c1. The van der Waals surface area contributed by atoms with Crippen LogP contribution in [0.15, 0.2) is 18.2 Å². The molecule has 2 fully saturated rings. The van der Waals surface area contributed by atoms with Gasteiger partial charge in [-0.2, -0.15) is 0 Å². The van der Waals surface area contributed by atoms with E-state index in [-0.39, 0.29) is 0 Å². The van der Waals surface area contributed by atoms with E-state index >= 15 is 0 Å². The number of hydrogen-bond donors (Lipinski definition) is 1. The number of nitrogens with one attached hydrogen (secondary N) is 1. The van der Waals surface area contributed by atoms with Crippen molar-refractivity contribution in [3.63, 3.8) is 0 Å². The molecule has 140 valence electrons. The molecule has 25 heavy (non-hydrogen) atoms. The van der Waals surface area contributed by atoms with Gasteiger partial charge < -0.3 is 19.5 Å². The normalized spacial score (nSPS) is 24.0. The molecule has 1 aromatic carbocycles. The topological polar surface area (TPSA) is 46.2 Å². The van der Waals surface area contributed by atoms with Crippen LogP contribution < -0.4 is 14.8 Å². The summed E-state index contributed by atoms with van der Waals surface area (Å²) in [5.74, 6) is 1.74. The number of hydrogen-bond acceptors (Lipinski definition) is 6. The summed E-state index contributed by atoms with van der Waals surface area (Å²) in [6.45, 7) is 10.0. The maximum absolute atomic E-state index is 5.71. The fraction of sp³-hybridized carbons (Fsp3) is 0.684. The molecule has 0 radical (unpaired) electrons. The Labute approximate surface area is 151 Å². The third-order valence-corrected chi connectivity index (χ3v) is 5.18. The highest BCUT2D eigenvalue weighted by Crippen LogP contribution is 2.34. The molecule has 3 rings (SSSR count). The van der Waals surface area contributed by atoms with Gasteiger partial charge in [-0.1, -0.05) is 6.07 Å². The monoisotopic (exact) mass is 349 g/mol. The Morgan fingerprint density at radius 3 is 2.68 bits per heavy atom. The lowest BCUT2D eigenvalue weighted by Crippen LogP contribution is -2.52. The summed E-state index contributed by atoms with van der Waals surface area (Å²) in [4.78, 5) is 5.09. The second kappa shape index (κ2) is 8.85. The number of methoxy groups -OCH3 is 2. The molecule has 2 heterocycles. The predicted octanol–water partition coefficient (Wildman–Crippen LogP) is 1.37. The van der Waals surface area contributed by atoms with E-state index in [1.54, 1.807) is 14.2 Å². The molecule has 2 atom stereocenters. The van der Waals surface area contributed by atoms with Gasteiger partial charge in [-0.25, -0.2) is 0 Å². The molecule has 0 aromatic heterocycles. The Morgan fingerprint density at radius 2 is 2.00 bits per heavy atom. The summed E-state index contributed by atoms with van der Waals surface area (Å²) in [5, 5.41) is 3.54. The molecule has 2 aliphatic rings. The highest BCUT2D eigenvalue weighted by molar-refractivity contribution is 5.42. The van der Waals surface area contributed by atoms with Gasteiger partial charge in [0.15, 0.2) is 0 Å². The lowest BCUT2D eigenvalue weighted by Gasteiger charge is -2.41. The molecule has 0 aliphatic carbocycles. The Balaban J connectivity index is 1.86. The average molecular weight is 349 g/mol. The van der Waals surface area contributed by atoms with Crippen molar-refractivity contribution in [1.29, 1.82) is 0 Å². The van der Waals surface area contributed by atoms with Crippen molar-refractivity contribution >= 4 is 0 Å². The predicted molar refractivity (Wildman–Crippen MR) is 98.6 cm³/mol. The van der Waals surface area contributed by atoms with E-state index in [9.17, 15) is 0 Å². The zero-order valence-electron chi connectivity index (χ0n) is 15.7. The molecular formula is C19H31N3O3. The van der Waals surface area contributed by atoms with Gasteiger partial charge in [0.25, 0.3) is 0 Å². The van der Waals surface area contributed by atoms with Crippen molar-refractivity contribution in [2.45, 2.75) is 19.0 Å². The Morgan fingerprint density at radius 1 is 1.20 bits per heavy atom. The zero-order chi connectivity index (χ0) is 17.6. The first-order valence-corrected chi connectivity index (χ1v) is 9.20. The van der Waals surface area contributed by atoms with Gasteiger partial charge >= 0.3 is 0 Å². The quantitative estimate of drug-likeness (QED) is 0.837. The standard InChI is InChI=1S/C19H31N3O3/c1-15-13-22(7-6-20-15)18(14-21-8-10-25-11-9-21)17-5-4-16(23-2)12-19(17)24-3/h4-5,12,15,18,20H,6-11,13-14H2,1-3H3. The molecule has 6 heteroatoms. The number of morpholine rings is 1. The summed E-state index contributed by atoms with van der Waals surface area (Å²) in [6.07, 6.45) is 0. The number of ether oxygens (including phenoxy) is 3. The van der Waals surface area contributed by atoms with Crippen molar-refractivity contribution in [1.82, 2.24) is 15.1 Å². The van der Waals surface area contributed by atoms with Gasteiger partial charge in [0.05, 0.1) is 33.5 Å². The molecule has 0 amide bonds. The highest BCUT2D eigenvalue weighted by atomic mass is 16.5. The second-order valence-corrected chi connectivity index (χ2v) is 6.89. The van der Waals surface area contributed by atoms with Gasteiger partial charge in [-0.15, -0.1) is 0 Å². The highest BCUT2D eigenvalue weighted by Gasteiger charge is 2.29. The lowest BCUT2D eigenvalue weighted by atomic mass is 10.0. The fourth-order valence-electron chi connectivity index (χ4n) is 3.78. The minimum Gasteiger partial charge on any atom is -0.497 e. The first-order valence-electron chi connectivity index (χ1n) is 9.20. The minimum absolute atomic E-state index is 0.309. The van der Waals surface area contributed by atoms with Crippen LogP contribution in [0.5, 0.6) is 11.5 Å². The summed E-state index contributed by atoms with van der Waals surface area (Å²) in [7, 11) is 3.43. The molecular weight excluding hydrogens is 318 g/mol. The molecule has 1 aromatic rings. The van der Waals surface area contributed by atoms with Crippen LogP contribution in [0.4, 0.5) is 0 Å². The van der Waals surface area contributed by atoms with E-state index in [1.807, 2.05) is 12.1 Å². The zero-order valence-corrected chi connectivity index (χ0v) is 15.7. The Kier molecular flexibility index (Phi) is 6.53. The van der Waals surface area contributed by atoms with Gasteiger partial charge in [0.1, 0.15) is 11.5 Å². The van der Waals surface area contributed by atoms with Crippen LogP contribution in [0.25, 0.3) is 0 Å². The summed E-state index contributed by atoms with van der Waals surface area (Å²) in [6, 6.07) is 7.01. The summed E-state index contributed by atoms with van der Waals surface area (Å²) in [5.41, 5.74) is 1.24. The molecule has 0 bridgehead atoms. The number of piperazine rings is 1. The molecule has 0 spiro atoms. The van der Waals surface area contributed by atoms with Crippen LogP contribution in [0.3, 0.4) is 0 Å². The molecule has 1 N–H and O–H groups in total. The van der Waals surface area contributed by atoms with E-state index in [4.69, 9.17) is 14.2 Å². The van der Waals surface area contributed by atoms with Gasteiger partial charge in [0.2, 0.25) is 0 Å². The first kappa shape index (κ1) is 18.5. The van der Waals surface area contributed by atoms with Gasteiger partial charge in [-0.05, 0) is 13.0 Å². The number of benzene rings is 1. The first-order chi connectivity index (χ1) is 12.2. The summed E-state index contributed by atoms with van der Waals surface area (Å²) >= 11 is 0. The average Bonchev–Trinajstić information content (AvgIpc) is 2.66. The maximum Gasteiger partial charge on any atom is 0.127 e. The largest absolute Gasteiger partial charge is 0.497 e. The Hall–Kier alpha value is -1.34. The number of nitrogens with zero attached hydrogens (tertiary/aromatic N) is 2. The minimum atomic E-state index is 0.309. The summed E-state index contributed by atoms with van der Waals surface area (Å²) < 4.78 is 16.6. The molecule has 2 saturated heterocycles. The second-order valence-electron chi connectivity index (χ2n) is 6.89. The van der Waals surface area contributed by atoms with Crippen LogP contribution in [0, 0.1) is 0 Å². The fourth-order valence-corrected chi connectivity index (χ4v) is 3.78. The number of rotatable bonds is 6. The lowest BCUT2D eigenvalue weighted by molar-refractivity contribution is 0.0184. The maximum atomic E-state index is 5.71. The van der Waals surface area contributed by atoms with Crippen LogP contribution >= 0.6 is 0 Å². The van der Waals surface area contributed by atoms with Gasteiger partial charge in [0, 0.05) is 56.9 Å². The van der Waals surface area contributed by atoms with Crippen molar-refractivity contribution in [3.8, 4) is 11.5 Å². The van der Waals surface area contributed by atoms with Crippen LogP contribution in [-0.4, -0.2) is 82.5 Å². The molecule has 2 unspecified atom stereocenters. The van der Waals surface area contributed by atoms with E-state index in [0.717, 1.165) is 64.0 Å². The van der Waals surface area contributed by atoms with Crippen molar-refractivity contribution in [2.75, 3.05) is 66.7 Å². The van der Waals surface area contributed by atoms with E-state index < -0.39 is 0 Å². The van der Waals surface area contributed by atoms with Gasteiger partial charge in [-0.3, -0.25) is 9.80 Å². The molecule has 0 saturated carbocycles. The van der Waals surface area contributed by atoms with Crippen molar-refractivity contribution < 1.29 is 14.2 Å². The molecule has 2 aliphatic heterocycles. The molecule has 6 nitrogen and oxygen atoms in total. The Bertz CT molecular complexity index is 549.